The lowest BCUT2D eigenvalue weighted by Gasteiger charge is -2.15. The molecule has 1 aromatic carbocycles. The Kier molecular flexibility index (Phi) is 9.51. The Bertz CT molecular complexity index is 410. The summed E-state index contributed by atoms with van der Waals surface area (Å²) in [5, 5.41) is 0. The lowest BCUT2D eigenvalue weighted by Crippen LogP contribution is -2.05. The van der Waals surface area contributed by atoms with Gasteiger partial charge < -0.3 is 15.2 Å². The molecule has 0 amide bonds. The van der Waals surface area contributed by atoms with Crippen molar-refractivity contribution in [2.45, 2.75) is 52.4 Å². The number of hydrogen-bond donors (Lipinski definition) is 1. The van der Waals surface area contributed by atoms with Gasteiger partial charge in [0.2, 0.25) is 0 Å². The van der Waals surface area contributed by atoms with Crippen LogP contribution in [-0.4, -0.2) is 19.8 Å². The average Bonchev–Trinajstić information content (AvgIpc) is 2.45. The predicted molar refractivity (Wildman–Crippen MR) is 92.3 cm³/mol. The predicted octanol–water partition coefficient (Wildman–Crippen LogP) is 4.70. The zero-order chi connectivity index (χ0) is 15.5. The molecule has 0 aliphatic heterocycles. The molecule has 0 radical (unpaired) electrons. The highest BCUT2D eigenvalue weighted by molar-refractivity contribution is 9.10. The van der Waals surface area contributed by atoms with Crippen molar-refractivity contribution < 1.29 is 9.47 Å². The quantitative estimate of drug-likeness (QED) is 0.583. The zero-order valence-electron chi connectivity index (χ0n) is 13.3. The molecule has 0 heterocycles. The van der Waals surface area contributed by atoms with Crippen molar-refractivity contribution in [1.29, 1.82) is 0 Å². The van der Waals surface area contributed by atoms with Crippen molar-refractivity contribution in [2.75, 3.05) is 19.8 Å². The molecule has 3 nitrogen and oxygen atoms in total. The van der Waals surface area contributed by atoms with Crippen LogP contribution in [0.15, 0.2) is 16.6 Å². The summed E-state index contributed by atoms with van der Waals surface area (Å²) < 4.78 is 12.6. The van der Waals surface area contributed by atoms with E-state index in [2.05, 4.69) is 28.9 Å². The van der Waals surface area contributed by atoms with Crippen LogP contribution in [0.2, 0.25) is 0 Å². The summed E-state index contributed by atoms with van der Waals surface area (Å²) in [6, 6.07) is 4.11. The Balaban J connectivity index is 2.62. The van der Waals surface area contributed by atoms with Crippen molar-refractivity contribution in [2.24, 2.45) is 5.73 Å². The van der Waals surface area contributed by atoms with Gasteiger partial charge in [-0.15, -0.1) is 0 Å². The van der Waals surface area contributed by atoms with E-state index >= 15 is 0 Å². The fourth-order valence-corrected chi connectivity index (χ4v) is 2.82. The van der Waals surface area contributed by atoms with Gasteiger partial charge in [0.05, 0.1) is 17.7 Å². The molecule has 0 aliphatic rings. The summed E-state index contributed by atoms with van der Waals surface area (Å²) >= 11 is 3.59. The van der Waals surface area contributed by atoms with E-state index in [1.807, 2.05) is 13.0 Å². The van der Waals surface area contributed by atoms with E-state index in [1.54, 1.807) is 0 Å². The third kappa shape index (κ3) is 6.70. The molecule has 0 unspecified atom stereocenters. The zero-order valence-corrected chi connectivity index (χ0v) is 14.9. The molecule has 0 saturated carbocycles. The molecule has 2 N–H and O–H groups in total. The summed E-state index contributed by atoms with van der Waals surface area (Å²) in [7, 11) is 0. The Labute approximate surface area is 137 Å². The molecular formula is C17H28BrNO2. The Morgan fingerprint density at radius 2 is 1.81 bits per heavy atom. The molecule has 0 aromatic heterocycles. The molecule has 0 atom stereocenters. The van der Waals surface area contributed by atoms with E-state index in [4.69, 9.17) is 15.2 Å². The second kappa shape index (κ2) is 10.9. The summed E-state index contributed by atoms with van der Waals surface area (Å²) in [5.74, 6) is 1.62. The number of halogens is 1. The maximum atomic E-state index is 5.93. The van der Waals surface area contributed by atoms with Gasteiger partial charge in [0.1, 0.15) is 0 Å². The van der Waals surface area contributed by atoms with Crippen LogP contribution in [0.5, 0.6) is 11.5 Å². The number of nitrogens with two attached hydrogens (primary N) is 1. The number of ether oxygens (including phenoxy) is 2. The minimum atomic E-state index is 0.630. The van der Waals surface area contributed by atoms with Crippen LogP contribution >= 0.6 is 15.9 Å². The first-order chi connectivity index (χ1) is 10.2. The van der Waals surface area contributed by atoms with E-state index in [0.29, 0.717) is 13.2 Å². The highest BCUT2D eigenvalue weighted by Crippen LogP contribution is 2.37. The number of unbranched alkanes of at least 4 members (excludes halogenated alkanes) is 4. The lowest BCUT2D eigenvalue weighted by atomic mass is 10.1. The van der Waals surface area contributed by atoms with Crippen LogP contribution in [0.3, 0.4) is 0 Å². The third-order valence-corrected chi connectivity index (χ3v) is 3.89. The van der Waals surface area contributed by atoms with E-state index in [9.17, 15) is 0 Å². The van der Waals surface area contributed by atoms with E-state index in [1.165, 1.54) is 31.2 Å². The minimum absolute atomic E-state index is 0.630. The van der Waals surface area contributed by atoms with Crippen molar-refractivity contribution in [1.82, 2.24) is 0 Å². The molecule has 0 saturated heterocycles. The molecular weight excluding hydrogens is 330 g/mol. The van der Waals surface area contributed by atoms with Gasteiger partial charge in [-0.25, -0.2) is 0 Å². The molecule has 0 spiro atoms. The molecule has 0 aliphatic carbocycles. The highest BCUT2D eigenvalue weighted by atomic mass is 79.9. The molecule has 4 heteroatoms. The fraction of sp³-hybridized carbons (Fsp3) is 0.647. The van der Waals surface area contributed by atoms with E-state index in [0.717, 1.165) is 35.4 Å². The summed E-state index contributed by atoms with van der Waals surface area (Å²) in [6.07, 6.45) is 7.01. The Morgan fingerprint density at radius 1 is 1.05 bits per heavy atom. The van der Waals surface area contributed by atoms with E-state index < -0.39 is 0 Å². The van der Waals surface area contributed by atoms with Crippen LogP contribution in [0.1, 0.15) is 51.5 Å². The van der Waals surface area contributed by atoms with Crippen molar-refractivity contribution >= 4 is 15.9 Å². The van der Waals surface area contributed by atoms with Crippen LogP contribution < -0.4 is 15.2 Å². The molecule has 21 heavy (non-hydrogen) atoms. The average molecular weight is 358 g/mol. The third-order valence-electron chi connectivity index (χ3n) is 3.30. The number of rotatable bonds is 11. The van der Waals surface area contributed by atoms with Crippen molar-refractivity contribution in [3.8, 4) is 11.5 Å². The minimum Gasteiger partial charge on any atom is -0.490 e. The van der Waals surface area contributed by atoms with Gasteiger partial charge in [0.25, 0.3) is 0 Å². The highest BCUT2D eigenvalue weighted by Gasteiger charge is 2.12. The van der Waals surface area contributed by atoms with Crippen LogP contribution in [0, 0.1) is 0 Å². The number of benzene rings is 1. The Hall–Kier alpha value is -0.740. The second-order valence-corrected chi connectivity index (χ2v) is 5.99. The number of hydrogen-bond acceptors (Lipinski definition) is 3. The van der Waals surface area contributed by atoms with Gasteiger partial charge >= 0.3 is 0 Å². The molecule has 0 bridgehead atoms. The van der Waals surface area contributed by atoms with E-state index in [-0.39, 0.29) is 0 Å². The Morgan fingerprint density at radius 3 is 2.48 bits per heavy atom. The summed E-state index contributed by atoms with van der Waals surface area (Å²) in [6.45, 7) is 6.21. The fourth-order valence-electron chi connectivity index (χ4n) is 2.22. The van der Waals surface area contributed by atoms with Crippen LogP contribution in [0.4, 0.5) is 0 Å². The van der Waals surface area contributed by atoms with Crippen molar-refractivity contribution in [3.63, 3.8) is 0 Å². The topological polar surface area (TPSA) is 44.5 Å². The second-order valence-electron chi connectivity index (χ2n) is 5.14. The van der Waals surface area contributed by atoms with Gasteiger partial charge in [-0.3, -0.25) is 0 Å². The standard InChI is InChI=1S/C17H28BrNO2/c1-3-5-6-7-8-11-21-17-15(18)12-14(9-10-19)13-16(17)20-4-2/h12-13H,3-11,19H2,1-2H3. The summed E-state index contributed by atoms with van der Waals surface area (Å²) in [5.41, 5.74) is 6.79. The molecule has 1 rings (SSSR count). The van der Waals surface area contributed by atoms with Gasteiger partial charge in [-0.2, -0.15) is 0 Å². The van der Waals surface area contributed by atoms with Gasteiger partial charge in [0.15, 0.2) is 11.5 Å². The molecule has 1 aromatic rings. The SMILES string of the molecule is CCCCCCCOc1c(Br)cc(CCN)cc1OCC. The maximum absolute atomic E-state index is 5.93. The first kappa shape index (κ1) is 18.3. The van der Waals surface area contributed by atoms with Crippen LogP contribution in [0.25, 0.3) is 0 Å². The molecule has 0 fully saturated rings. The first-order valence-corrected chi connectivity index (χ1v) is 8.80. The largest absolute Gasteiger partial charge is 0.490 e. The van der Waals surface area contributed by atoms with Crippen LogP contribution in [-0.2, 0) is 6.42 Å². The molecule has 120 valence electrons. The maximum Gasteiger partial charge on any atom is 0.175 e. The van der Waals surface area contributed by atoms with Gasteiger partial charge in [0, 0.05) is 0 Å². The normalized spacial score (nSPS) is 10.7. The first-order valence-electron chi connectivity index (χ1n) is 8.01. The van der Waals surface area contributed by atoms with Gasteiger partial charge in [-0.1, -0.05) is 32.6 Å². The summed E-state index contributed by atoms with van der Waals surface area (Å²) in [4.78, 5) is 0. The van der Waals surface area contributed by atoms with Crippen molar-refractivity contribution in [3.05, 3.63) is 22.2 Å². The monoisotopic (exact) mass is 357 g/mol. The smallest absolute Gasteiger partial charge is 0.175 e. The lowest BCUT2D eigenvalue weighted by molar-refractivity contribution is 0.268. The van der Waals surface area contributed by atoms with Gasteiger partial charge in [-0.05, 0) is 59.9 Å².